The molecule has 0 aliphatic carbocycles. The first-order chi connectivity index (χ1) is 33.9. The second kappa shape index (κ2) is 50.7. The van der Waals surface area contributed by atoms with Gasteiger partial charge in [-0.05, 0) is 6.42 Å². The van der Waals surface area contributed by atoms with Crippen molar-refractivity contribution in [1.82, 2.24) is 0 Å². The van der Waals surface area contributed by atoms with Crippen LogP contribution in [0.2, 0.25) is 0 Å². The van der Waals surface area contributed by atoms with Crippen LogP contribution in [0.3, 0.4) is 0 Å². The van der Waals surface area contributed by atoms with Gasteiger partial charge in [-0.25, -0.2) is 13.2 Å². The lowest BCUT2D eigenvalue weighted by molar-refractivity contribution is -0.136. The van der Waals surface area contributed by atoms with Crippen LogP contribution in [0, 0.1) is 29.1 Å². The Kier molecular flexibility index (Phi) is 47.7. The van der Waals surface area contributed by atoms with Crippen molar-refractivity contribution in [2.45, 2.75) is 103 Å². The highest BCUT2D eigenvalue weighted by Gasteiger charge is 2.28. The SMILES string of the molecule is CCCCCCCCCCCCCCCCOCCOCCOCCOCCOCCOCCOCCOCCOCCOCCOCCOCCOCCC(=O)Oc1c(F)c(F)c(F)c(F)c1F. The van der Waals surface area contributed by atoms with Gasteiger partial charge in [-0.3, -0.25) is 4.79 Å². The first-order valence-electron chi connectivity index (χ1n) is 25.1. The number of esters is 1. The monoisotopic (exact) mass is 1010 g/mol. The number of unbranched alkanes of at least 4 members (excludes halogenated alkanes) is 13. The summed E-state index contributed by atoms with van der Waals surface area (Å²) in [6.07, 6.45) is 18.6. The molecular formula is C49H85F5O15. The van der Waals surface area contributed by atoms with Gasteiger partial charge in [0.15, 0.2) is 0 Å². The van der Waals surface area contributed by atoms with Gasteiger partial charge in [-0.2, -0.15) is 8.78 Å². The minimum atomic E-state index is -2.35. The average molecular weight is 1010 g/mol. The van der Waals surface area contributed by atoms with Crippen LogP contribution in [0.5, 0.6) is 5.75 Å². The van der Waals surface area contributed by atoms with Crippen molar-refractivity contribution in [3.63, 3.8) is 0 Å². The molecule has 0 saturated heterocycles. The number of rotatable bonds is 55. The first-order valence-corrected chi connectivity index (χ1v) is 25.1. The zero-order valence-corrected chi connectivity index (χ0v) is 41.5. The van der Waals surface area contributed by atoms with Crippen LogP contribution >= 0.6 is 0 Å². The molecule has 0 fully saturated rings. The van der Waals surface area contributed by atoms with Crippen molar-refractivity contribution in [3.05, 3.63) is 29.1 Å². The second-order valence-corrected chi connectivity index (χ2v) is 15.7. The van der Waals surface area contributed by atoms with Gasteiger partial charge in [-0.15, -0.1) is 0 Å². The number of halogens is 5. The minimum Gasteiger partial charge on any atom is -0.420 e. The van der Waals surface area contributed by atoms with Crippen LogP contribution in [-0.4, -0.2) is 178 Å². The summed E-state index contributed by atoms with van der Waals surface area (Å²) >= 11 is 0. The van der Waals surface area contributed by atoms with Gasteiger partial charge < -0.3 is 66.3 Å². The summed E-state index contributed by atoms with van der Waals surface area (Å²) in [5, 5.41) is 0. The smallest absolute Gasteiger partial charge is 0.313 e. The van der Waals surface area contributed by atoms with E-state index >= 15 is 0 Å². The summed E-state index contributed by atoms with van der Waals surface area (Å²) in [5.74, 6) is -14.1. The van der Waals surface area contributed by atoms with Crippen LogP contribution in [0.4, 0.5) is 22.0 Å². The standard InChI is InChI=1S/C49H85F5O15/c1-2-3-4-5-6-7-8-9-10-11-12-13-14-15-17-56-19-21-58-23-25-60-27-29-62-31-33-64-35-37-66-39-41-68-42-40-67-38-36-65-34-32-63-30-28-61-26-24-59-22-20-57-18-16-43(55)69-49-47(53)45(51)44(50)46(52)48(49)54/h2-42H2,1H3. The van der Waals surface area contributed by atoms with Gasteiger partial charge in [-0.1, -0.05) is 90.4 Å². The Morgan fingerprint density at radius 2 is 0.478 bits per heavy atom. The van der Waals surface area contributed by atoms with Gasteiger partial charge in [0, 0.05) is 6.61 Å². The molecule has 0 unspecified atom stereocenters. The van der Waals surface area contributed by atoms with Crippen LogP contribution in [0.15, 0.2) is 0 Å². The fourth-order valence-corrected chi connectivity index (χ4v) is 6.13. The van der Waals surface area contributed by atoms with E-state index in [-0.39, 0.29) is 26.4 Å². The Morgan fingerprint density at radius 1 is 0.275 bits per heavy atom. The number of carbonyl (C=O) groups excluding carboxylic acids is 1. The Bertz CT molecular complexity index is 1260. The highest BCUT2D eigenvalue weighted by molar-refractivity contribution is 5.72. The largest absolute Gasteiger partial charge is 0.420 e. The Balaban J connectivity index is 1.66. The number of benzene rings is 1. The summed E-state index contributed by atoms with van der Waals surface area (Å²) in [6, 6.07) is 0. The van der Waals surface area contributed by atoms with E-state index in [1.165, 1.54) is 83.5 Å². The first kappa shape index (κ1) is 64.8. The fourth-order valence-electron chi connectivity index (χ4n) is 6.13. The molecule has 0 N–H and O–H groups in total. The third-order valence-corrected chi connectivity index (χ3v) is 9.94. The summed E-state index contributed by atoms with van der Waals surface area (Å²) in [6.45, 7) is 13.2. The summed E-state index contributed by atoms with van der Waals surface area (Å²) in [4.78, 5) is 11.7. The lowest BCUT2D eigenvalue weighted by Gasteiger charge is -2.09. The quantitative estimate of drug-likeness (QED) is 0.0154. The van der Waals surface area contributed by atoms with Crippen molar-refractivity contribution < 1.29 is 93.1 Å². The summed E-state index contributed by atoms with van der Waals surface area (Å²) in [7, 11) is 0. The zero-order chi connectivity index (χ0) is 49.9. The molecule has 0 bridgehead atoms. The molecule has 0 radical (unpaired) electrons. The molecule has 20 heteroatoms. The van der Waals surface area contributed by atoms with E-state index < -0.39 is 47.2 Å². The Morgan fingerprint density at radius 3 is 0.739 bits per heavy atom. The summed E-state index contributed by atoms with van der Waals surface area (Å²) < 4.78 is 142. The van der Waals surface area contributed by atoms with Gasteiger partial charge in [0.2, 0.25) is 34.8 Å². The van der Waals surface area contributed by atoms with E-state index in [4.69, 9.17) is 61.6 Å². The molecule has 0 aliphatic rings. The number of carbonyl (C=O) groups is 1. The number of hydrogen-bond acceptors (Lipinski definition) is 15. The van der Waals surface area contributed by atoms with Crippen molar-refractivity contribution >= 4 is 5.97 Å². The van der Waals surface area contributed by atoms with E-state index in [1.54, 1.807) is 0 Å². The highest BCUT2D eigenvalue weighted by Crippen LogP contribution is 2.29. The lowest BCUT2D eigenvalue weighted by Crippen LogP contribution is -2.16. The van der Waals surface area contributed by atoms with Gasteiger partial charge in [0.1, 0.15) is 0 Å². The molecule has 1 aromatic rings. The maximum Gasteiger partial charge on any atom is 0.313 e. The molecule has 1 rings (SSSR count). The maximum atomic E-state index is 13.6. The molecular weight excluding hydrogens is 924 g/mol. The van der Waals surface area contributed by atoms with E-state index in [9.17, 15) is 26.7 Å². The third-order valence-electron chi connectivity index (χ3n) is 9.94. The zero-order valence-electron chi connectivity index (χ0n) is 41.5. The van der Waals surface area contributed by atoms with Crippen LogP contribution in [0.1, 0.15) is 103 Å². The highest BCUT2D eigenvalue weighted by atomic mass is 19.2. The Labute approximate surface area is 408 Å². The minimum absolute atomic E-state index is 0.0784. The van der Waals surface area contributed by atoms with Crippen LogP contribution in [-0.2, 0) is 66.4 Å². The normalized spacial score (nSPS) is 11.6. The number of hydrogen-bond donors (Lipinski definition) is 0. The molecule has 1 aromatic carbocycles. The van der Waals surface area contributed by atoms with Crippen LogP contribution < -0.4 is 4.74 Å². The van der Waals surface area contributed by atoms with Gasteiger partial charge >= 0.3 is 5.97 Å². The number of ether oxygens (including phenoxy) is 14. The van der Waals surface area contributed by atoms with Crippen molar-refractivity contribution in [3.8, 4) is 5.75 Å². The van der Waals surface area contributed by atoms with E-state index in [2.05, 4.69) is 11.7 Å². The van der Waals surface area contributed by atoms with Gasteiger partial charge in [0.25, 0.3) is 0 Å². The molecule has 0 heterocycles. The van der Waals surface area contributed by atoms with E-state index in [1.807, 2.05) is 0 Å². The third kappa shape index (κ3) is 41.0. The van der Waals surface area contributed by atoms with E-state index in [0.29, 0.717) is 139 Å². The van der Waals surface area contributed by atoms with Crippen molar-refractivity contribution in [2.75, 3.05) is 172 Å². The van der Waals surface area contributed by atoms with Crippen LogP contribution in [0.25, 0.3) is 0 Å². The fraction of sp³-hybridized carbons (Fsp3) is 0.857. The summed E-state index contributed by atoms with van der Waals surface area (Å²) in [5.41, 5.74) is 0. The molecule has 15 nitrogen and oxygen atoms in total. The molecule has 0 atom stereocenters. The molecule has 0 aliphatic heterocycles. The molecule has 0 amide bonds. The van der Waals surface area contributed by atoms with Crippen molar-refractivity contribution in [1.29, 1.82) is 0 Å². The maximum absolute atomic E-state index is 13.6. The van der Waals surface area contributed by atoms with Crippen molar-refractivity contribution in [2.24, 2.45) is 0 Å². The topological polar surface area (TPSA) is 146 Å². The molecule has 69 heavy (non-hydrogen) atoms. The Hall–Kier alpha value is -2.18. The lowest BCUT2D eigenvalue weighted by atomic mass is 10.0. The molecule has 0 spiro atoms. The second-order valence-electron chi connectivity index (χ2n) is 15.7. The molecule has 0 saturated carbocycles. The predicted molar refractivity (Wildman–Crippen MR) is 247 cm³/mol. The molecule has 0 aromatic heterocycles. The van der Waals surface area contributed by atoms with Gasteiger partial charge in [0.05, 0.1) is 172 Å². The predicted octanol–water partition coefficient (Wildman–Crippen LogP) is 8.37. The molecule has 406 valence electrons. The average Bonchev–Trinajstić information content (AvgIpc) is 3.35. The van der Waals surface area contributed by atoms with E-state index in [0.717, 1.165) is 13.0 Å².